The number of aryl methyl sites for hydroxylation is 1. The molecule has 1 fully saturated rings. The second kappa shape index (κ2) is 5.57. The van der Waals surface area contributed by atoms with Crippen molar-refractivity contribution in [3.8, 4) is 0 Å². The average molecular weight is 326 g/mol. The second-order valence-electron chi connectivity index (χ2n) is 5.30. The van der Waals surface area contributed by atoms with Crippen molar-refractivity contribution in [3.05, 3.63) is 40.3 Å². The van der Waals surface area contributed by atoms with Crippen molar-refractivity contribution < 1.29 is 13.5 Å². The van der Waals surface area contributed by atoms with Gasteiger partial charge in [-0.05, 0) is 30.4 Å². The number of hydrogen-bond acceptors (Lipinski definition) is 4. The van der Waals surface area contributed by atoms with E-state index in [1.54, 1.807) is 39.5 Å². The van der Waals surface area contributed by atoms with Gasteiger partial charge in [0.15, 0.2) is 0 Å². The Morgan fingerprint density at radius 3 is 2.76 bits per heavy atom. The Hall–Kier alpha value is -1.15. The van der Waals surface area contributed by atoms with Gasteiger partial charge in [0, 0.05) is 36.4 Å². The van der Waals surface area contributed by atoms with Crippen molar-refractivity contribution in [2.75, 3.05) is 0 Å². The fourth-order valence-electron chi connectivity index (χ4n) is 2.34. The van der Waals surface area contributed by atoms with Crippen molar-refractivity contribution in [1.82, 2.24) is 8.87 Å². The van der Waals surface area contributed by atoms with E-state index in [1.807, 2.05) is 17.5 Å². The molecule has 2 heterocycles. The van der Waals surface area contributed by atoms with Gasteiger partial charge in [0.2, 0.25) is 10.0 Å². The standard InChI is InChI=1S/C14H18N2O3S2/c1-15-9-14(7-12(15)10-17)21(18,19)16(11-4-5-11)8-13-3-2-6-20-13/h2-3,6-7,9,11,17H,4-5,8,10H2,1H3. The van der Waals surface area contributed by atoms with Crippen LogP contribution < -0.4 is 0 Å². The van der Waals surface area contributed by atoms with Gasteiger partial charge in [-0.15, -0.1) is 11.3 Å². The highest BCUT2D eigenvalue weighted by Gasteiger charge is 2.38. The predicted octanol–water partition coefficient (Wildman–Crippen LogP) is 1.93. The molecule has 0 radical (unpaired) electrons. The number of aromatic nitrogens is 1. The van der Waals surface area contributed by atoms with Gasteiger partial charge in [0.25, 0.3) is 0 Å². The first-order valence-corrected chi connectivity index (χ1v) is 9.14. The van der Waals surface area contributed by atoms with Gasteiger partial charge in [-0.25, -0.2) is 8.42 Å². The molecule has 0 unspecified atom stereocenters. The molecule has 0 atom stereocenters. The molecule has 0 amide bonds. The number of aliphatic hydroxyl groups excluding tert-OH is 1. The Kier molecular flexibility index (Phi) is 3.92. The summed E-state index contributed by atoms with van der Waals surface area (Å²) in [6.07, 6.45) is 3.42. The van der Waals surface area contributed by atoms with Crippen LogP contribution in [0.1, 0.15) is 23.4 Å². The van der Waals surface area contributed by atoms with E-state index in [-0.39, 0.29) is 17.5 Å². The van der Waals surface area contributed by atoms with Gasteiger partial charge in [0.05, 0.1) is 6.61 Å². The third-order valence-electron chi connectivity index (χ3n) is 3.70. The van der Waals surface area contributed by atoms with Crippen LogP contribution in [-0.4, -0.2) is 28.4 Å². The summed E-state index contributed by atoms with van der Waals surface area (Å²) in [5.41, 5.74) is 0.598. The minimum atomic E-state index is -3.52. The van der Waals surface area contributed by atoms with Crippen LogP contribution in [0.2, 0.25) is 0 Å². The quantitative estimate of drug-likeness (QED) is 0.882. The maximum atomic E-state index is 12.9. The average Bonchev–Trinajstić information content (AvgIpc) is 3.00. The number of sulfonamides is 1. The van der Waals surface area contributed by atoms with E-state index >= 15 is 0 Å². The van der Waals surface area contributed by atoms with E-state index in [1.165, 1.54) is 0 Å². The summed E-state index contributed by atoms with van der Waals surface area (Å²) >= 11 is 1.57. The third-order valence-corrected chi connectivity index (χ3v) is 6.42. The van der Waals surface area contributed by atoms with E-state index in [9.17, 15) is 13.5 Å². The Morgan fingerprint density at radius 1 is 1.48 bits per heavy atom. The van der Waals surface area contributed by atoms with Crippen LogP contribution in [0.25, 0.3) is 0 Å². The molecule has 2 aromatic rings. The highest BCUT2D eigenvalue weighted by atomic mass is 32.2. The SMILES string of the molecule is Cn1cc(S(=O)(=O)N(Cc2cccs2)C2CC2)cc1CO. The number of thiophene rings is 1. The lowest BCUT2D eigenvalue weighted by molar-refractivity contribution is 0.272. The lowest BCUT2D eigenvalue weighted by Gasteiger charge is -2.20. The number of hydrogen-bond donors (Lipinski definition) is 1. The molecule has 1 N–H and O–H groups in total. The van der Waals surface area contributed by atoms with Gasteiger partial charge in [-0.2, -0.15) is 4.31 Å². The molecule has 5 nitrogen and oxygen atoms in total. The normalized spacial score (nSPS) is 15.8. The molecule has 1 aliphatic rings. The van der Waals surface area contributed by atoms with Gasteiger partial charge in [-0.3, -0.25) is 0 Å². The predicted molar refractivity (Wildman–Crippen MR) is 81.4 cm³/mol. The topological polar surface area (TPSA) is 62.5 Å². The monoisotopic (exact) mass is 326 g/mol. The molecule has 21 heavy (non-hydrogen) atoms. The van der Waals surface area contributed by atoms with Gasteiger partial charge < -0.3 is 9.67 Å². The molecular weight excluding hydrogens is 308 g/mol. The van der Waals surface area contributed by atoms with Crippen molar-refractivity contribution in [1.29, 1.82) is 0 Å². The molecule has 0 bridgehead atoms. The van der Waals surface area contributed by atoms with Crippen LogP contribution in [0, 0.1) is 0 Å². The lowest BCUT2D eigenvalue weighted by Crippen LogP contribution is -2.32. The molecule has 2 aromatic heterocycles. The van der Waals surface area contributed by atoms with Gasteiger partial charge in [-0.1, -0.05) is 6.07 Å². The first-order chi connectivity index (χ1) is 10.0. The summed E-state index contributed by atoms with van der Waals surface area (Å²) in [6, 6.07) is 5.55. The molecule has 3 rings (SSSR count). The minimum absolute atomic E-state index is 0.106. The van der Waals surface area contributed by atoms with E-state index in [0.29, 0.717) is 12.2 Å². The Balaban J connectivity index is 1.93. The lowest BCUT2D eigenvalue weighted by atomic mass is 10.4. The molecule has 1 aliphatic carbocycles. The van der Waals surface area contributed by atoms with E-state index in [4.69, 9.17) is 0 Å². The summed E-state index contributed by atoms with van der Waals surface area (Å²) in [5.74, 6) is 0. The van der Waals surface area contributed by atoms with Crippen LogP contribution >= 0.6 is 11.3 Å². The van der Waals surface area contributed by atoms with Crippen molar-refractivity contribution in [3.63, 3.8) is 0 Å². The zero-order chi connectivity index (χ0) is 15.0. The Bertz CT molecular complexity index is 715. The molecule has 0 spiro atoms. The fourth-order valence-corrected chi connectivity index (χ4v) is 4.88. The van der Waals surface area contributed by atoms with E-state index < -0.39 is 10.0 Å². The number of nitrogens with zero attached hydrogens (tertiary/aromatic N) is 2. The van der Waals surface area contributed by atoms with Crippen LogP contribution in [0.15, 0.2) is 34.7 Å². The van der Waals surface area contributed by atoms with E-state index in [0.717, 1.165) is 17.7 Å². The van der Waals surface area contributed by atoms with Crippen LogP contribution in [0.4, 0.5) is 0 Å². The van der Waals surface area contributed by atoms with Gasteiger partial charge >= 0.3 is 0 Å². The zero-order valence-electron chi connectivity index (χ0n) is 11.8. The molecular formula is C14H18N2O3S2. The molecule has 0 saturated heterocycles. The Labute approximate surface area is 128 Å². The summed E-state index contributed by atoms with van der Waals surface area (Å²) < 4.78 is 29.0. The largest absolute Gasteiger partial charge is 0.390 e. The van der Waals surface area contributed by atoms with Crippen LogP contribution in [0.3, 0.4) is 0 Å². The summed E-state index contributed by atoms with van der Waals surface area (Å²) in [4.78, 5) is 1.31. The summed E-state index contributed by atoms with van der Waals surface area (Å²) in [5, 5.41) is 11.2. The smallest absolute Gasteiger partial charge is 0.245 e. The van der Waals surface area contributed by atoms with Gasteiger partial charge in [0.1, 0.15) is 4.90 Å². The molecule has 114 valence electrons. The van der Waals surface area contributed by atoms with Crippen molar-refractivity contribution >= 4 is 21.4 Å². The van der Waals surface area contributed by atoms with E-state index in [2.05, 4.69) is 0 Å². The maximum absolute atomic E-state index is 12.9. The summed E-state index contributed by atoms with van der Waals surface area (Å²) in [6.45, 7) is 0.258. The van der Waals surface area contributed by atoms with Crippen molar-refractivity contribution in [2.24, 2.45) is 7.05 Å². The molecule has 0 aliphatic heterocycles. The first kappa shape index (κ1) is 14.8. The number of aliphatic hydroxyl groups is 1. The summed E-state index contributed by atoms with van der Waals surface area (Å²) in [7, 11) is -1.78. The highest BCUT2D eigenvalue weighted by molar-refractivity contribution is 7.89. The Morgan fingerprint density at radius 2 is 2.24 bits per heavy atom. The molecule has 1 saturated carbocycles. The van der Waals surface area contributed by atoms with Crippen LogP contribution in [-0.2, 0) is 30.2 Å². The second-order valence-corrected chi connectivity index (χ2v) is 8.22. The minimum Gasteiger partial charge on any atom is -0.390 e. The fraction of sp³-hybridized carbons (Fsp3) is 0.429. The molecule has 7 heteroatoms. The molecule has 0 aromatic carbocycles. The first-order valence-electron chi connectivity index (χ1n) is 6.82. The number of rotatable bonds is 6. The maximum Gasteiger partial charge on any atom is 0.245 e. The zero-order valence-corrected chi connectivity index (χ0v) is 13.4. The van der Waals surface area contributed by atoms with Crippen LogP contribution in [0.5, 0.6) is 0 Å². The highest BCUT2D eigenvalue weighted by Crippen LogP contribution is 2.34. The van der Waals surface area contributed by atoms with Crippen molar-refractivity contribution in [2.45, 2.75) is 36.9 Å². The third kappa shape index (κ3) is 2.91.